The zero-order valence-electron chi connectivity index (χ0n) is 9.99. The molecule has 0 radical (unpaired) electrons. The summed E-state index contributed by atoms with van der Waals surface area (Å²) in [6.45, 7) is 0. The largest absolute Gasteiger partial charge is 0.396 e. The first-order chi connectivity index (χ1) is 8.97. The Kier molecular flexibility index (Phi) is 3.71. The molecule has 2 aromatic rings. The van der Waals surface area contributed by atoms with Gasteiger partial charge in [0.05, 0.1) is 11.3 Å². The van der Waals surface area contributed by atoms with E-state index in [1.165, 1.54) is 12.1 Å². The molecule has 1 amide bonds. The molecule has 0 saturated carbocycles. The molecule has 19 heavy (non-hydrogen) atoms. The number of carbonyl (C=O) groups is 1. The van der Waals surface area contributed by atoms with Crippen molar-refractivity contribution in [3.05, 3.63) is 63.9 Å². The van der Waals surface area contributed by atoms with Gasteiger partial charge in [-0.2, -0.15) is 0 Å². The molecule has 4 N–H and O–H groups in total. The number of nitrogens with two attached hydrogens (primary N) is 2. The number of hydrogen-bond acceptors (Lipinski definition) is 2. The summed E-state index contributed by atoms with van der Waals surface area (Å²) in [6.07, 6.45) is 0.467. The quantitative estimate of drug-likeness (QED) is 0.848. The van der Waals surface area contributed by atoms with Crippen LogP contribution in [0.3, 0.4) is 0 Å². The van der Waals surface area contributed by atoms with Gasteiger partial charge in [0.2, 0.25) is 0 Å². The highest BCUT2D eigenvalue weighted by atomic mass is 35.5. The third kappa shape index (κ3) is 3.03. The van der Waals surface area contributed by atoms with Gasteiger partial charge in [-0.25, -0.2) is 4.39 Å². The molecule has 0 spiro atoms. The Morgan fingerprint density at radius 3 is 2.37 bits per heavy atom. The number of hydrogen-bond donors (Lipinski definition) is 2. The Hall–Kier alpha value is -2.07. The molecule has 0 saturated heterocycles. The Labute approximate surface area is 115 Å². The molecular weight excluding hydrogens is 267 g/mol. The van der Waals surface area contributed by atoms with Gasteiger partial charge in [-0.3, -0.25) is 4.79 Å². The number of carbonyl (C=O) groups excluding carboxylic acids is 1. The molecule has 2 rings (SSSR count). The maximum Gasteiger partial charge on any atom is 0.250 e. The summed E-state index contributed by atoms with van der Waals surface area (Å²) in [5.74, 6) is -1.38. The summed E-state index contributed by atoms with van der Waals surface area (Å²) in [5, 5.41) is 0.630. The van der Waals surface area contributed by atoms with Crippen molar-refractivity contribution in [2.45, 2.75) is 6.42 Å². The monoisotopic (exact) mass is 278 g/mol. The number of amides is 1. The number of rotatable bonds is 3. The van der Waals surface area contributed by atoms with E-state index < -0.39 is 11.7 Å². The van der Waals surface area contributed by atoms with E-state index in [4.69, 9.17) is 23.1 Å². The minimum Gasteiger partial charge on any atom is -0.396 e. The Balaban J connectivity index is 2.35. The average molecular weight is 279 g/mol. The Bertz CT molecular complexity index is 626. The normalized spacial score (nSPS) is 10.4. The average Bonchev–Trinajstić information content (AvgIpc) is 2.36. The van der Waals surface area contributed by atoms with E-state index in [1.54, 1.807) is 12.1 Å². The smallest absolute Gasteiger partial charge is 0.250 e. The molecule has 0 aliphatic rings. The minimum absolute atomic E-state index is 0.00367. The fourth-order valence-electron chi connectivity index (χ4n) is 1.82. The van der Waals surface area contributed by atoms with Gasteiger partial charge in [0.1, 0.15) is 5.82 Å². The van der Waals surface area contributed by atoms with E-state index in [1.807, 2.05) is 12.1 Å². The maximum absolute atomic E-state index is 13.6. The summed E-state index contributed by atoms with van der Waals surface area (Å²) >= 11 is 5.79. The van der Waals surface area contributed by atoms with Gasteiger partial charge < -0.3 is 11.5 Å². The highest BCUT2D eigenvalue weighted by molar-refractivity contribution is 6.30. The lowest BCUT2D eigenvalue weighted by Crippen LogP contribution is -2.15. The second kappa shape index (κ2) is 5.28. The molecule has 2 aromatic carbocycles. The SMILES string of the molecule is NC(=O)c1cc(Cc2ccc(Cl)cc2)cc(F)c1N. The van der Waals surface area contributed by atoms with Crippen LogP contribution in [0, 0.1) is 5.82 Å². The molecule has 98 valence electrons. The van der Waals surface area contributed by atoms with Crippen molar-refractivity contribution >= 4 is 23.2 Å². The number of halogens is 2. The molecule has 0 fully saturated rings. The third-order valence-corrected chi connectivity index (χ3v) is 3.03. The Morgan fingerprint density at radius 2 is 1.79 bits per heavy atom. The van der Waals surface area contributed by atoms with Gasteiger partial charge in [-0.15, -0.1) is 0 Å². The second-order valence-corrected chi connectivity index (χ2v) is 4.64. The van der Waals surface area contributed by atoms with Crippen molar-refractivity contribution in [3.8, 4) is 0 Å². The topological polar surface area (TPSA) is 69.1 Å². The van der Waals surface area contributed by atoms with Gasteiger partial charge >= 0.3 is 0 Å². The second-order valence-electron chi connectivity index (χ2n) is 4.21. The lowest BCUT2D eigenvalue weighted by Gasteiger charge is -2.08. The highest BCUT2D eigenvalue weighted by Crippen LogP contribution is 2.21. The number of benzene rings is 2. The van der Waals surface area contributed by atoms with Crippen molar-refractivity contribution in [2.75, 3.05) is 5.73 Å². The molecule has 0 unspecified atom stereocenters. The highest BCUT2D eigenvalue weighted by Gasteiger charge is 2.12. The number of nitrogen functional groups attached to an aromatic ring is 1. The standard InChI is InChI=1S/C14H12ClFN2O/c15-10-3-1-8(2-4-10)5-9-6-11(14(18)19)13(17)12(16)7-9/h1-4,6-7H,5,17H2,(H2,18,19). The van der Waals surface area contributed by atoms with Gasteiger partial charge in [-0.05, 0) is 41.8 Å². The van der Waals surface area contributed by atoms with Crippen molar-refractivity contribution in [3.63, 3.8) is 0 Å². The summed E-state index contributed by atoms with van der Waals surface area (Å²) in [4.78, 5) is 11.2. The predicted molar refractivity (Wildman–Crippen MR) is 73.6 cm³/mol. The molecule has 0 heterocycles. The van der Waals surface area contributed by atoms with E-state index in [0.717, 1.165) is 5.56 Å². The van der Waals surface area contributed by atoms with Crippen LogP contribution in [0.1, 0.15) is 21.5 Å². The summed E-state index contributed by atoms with van der Waals surface area (Å²) in [5.41, 5.74) is 12.0. The fourth-order valence-corrected chi connectivity index (χ4v) is 1.94. The Morgan fingerprint density at radius 1 is 1.16 bits per heavy atom. The van der Waals surface area contributed by atoms with Crippen LogP contribution in [0.25, 0.3) is 0 Å². The first-order valence-electron chi connectivity index (χ1n) is 5.59. The molecule has 0 atom stereocenters. The number of anilines is 1. The maximum atomic E-state index is 13.6. The van der Waals surface area contributed by atoms with Crippen molar-refractivity contribution < 1.29 is 9.18 Å². The van der Waals surface area contributed by atoms with Crippen LogP contribution in [0.2, 0.25) is 5.02 Å². The molecule has 0 bridgehead atoms. The van der Waals surface area contributed by atoms with Crippen LogP contribution in [-0.2, 0) is 6.42 Å². The van der Waals surface area contributed by atoms with Crippen LogP contribution in [0.15, 0.2) is 36.4 Å². The lowest BCUT2D eigenvalue weighted by molar-refractivity contribution is 0.100. The zero-order valence-corrected chi connectivity index (χ0v) is 10.7. The number of primary amides is 1. The van der Waals surface area contributed by atoms with Crippen molar-refractivity contribution in [2.24, 2.45) is 5.73 Å². The predicted octanol–water partition coefficient (Wildman–Crippen LogP) is 2.75. The zero-order chi connectivity index (χ0) is 14.0. The van der Waals surface area contributed by atoms with E-state index in [-0.39, 0.29) is 11.3 Å². The van der Waals surface area contributed by atoms with Crippen LogP contribution in [0.4, 0.5) is 10.1 Å². The van der Waals surface area contributed by atoms with E-state index >= 15 is 0 Å². The molecule has 0 aliphatic heterocycles. The molecular formula is C14H12ClFN2O. The summed E-state index contributed by atoms with van der Waals surface area (Å²) in [7, 11) is 0. The van der Waals surface area contributed by atoms with Crippen LogP contribution >= 0.6 is 11.6 Å². The molecule has 5 heteroatoms. The fraction of sp³-hybridized carbons (Fsp3) is 0.0714. The first kappa shape index (κ1) is 13.4. The lowest BCUT2D eigenvalue weighted by atomic mass is 10.0. The van der Waals surface area contributed by atoms with Crippen molar-refractivity contribution in [1.82, 2.24) is 0 Å². The third-order valence-electron chi connectivity index (χ3n) is 2.78. The van der Waals surface area contributed by atoms with Crippen molar-refractivity contribution in [1.29, 1.82) is 0 Å². The van der Waals surface area contributed by atoms with Gasteiger partial charge in [-0.1, -0.05) is 23.7 Å². The van der Waals surface area contributed by atoms with Gasteiger partial charge in [0.25, 0.3) is 5.91 Å². The van der Waals surface area contributed by atoms with Gasteiger partial charge in [0, 0.05) is 5.02 Å². The first-order valence-corrected chi connectivity index (χ1v) is 5.97. The van der Waals surface area contributed by atoms with E-state index in [9.17, 15) is 9.18 Å². The molecule has 3 nitrogen and oxygen atoms in total. The molecule has 0 aliphatic carbocycles. The summed E-state index contributed by atoms with van der Waals surface area (Å²) < 4.78 is 13.6. The summed E-state index contributed by atoms with van der Waals surface area (Å²) in [6, 6.07) is 9.98. The molecule has 0 aromatic heterocycles. The van der Waals surface area contributed by atoms with Crippen LogP contribution < -0.4 is 11.5 Å². The van der Waals surface area contributed by atoms with E-state index in [0.29, 0.717) is 17.0 Å². The van der Waals surface area contributed by atoms with E-state index in [2.05, 4.69) is 0 Å². The van der Waals surface area contributed by atoms with Crippen LogP contribution in [0.5, 0.6) is 0 Å². The minimum atomic E-state index is -0.741. The van der Waals surface area contributed by atoms with Gasteiger partial charge in [0.15, 0.2) is 0 Å². The van der Waals surface area contributed by atoms with Crippen LogP contribution in [-0.4, -0.2) is 5.91 Å².